The number of hydrogen-bond donors (Lipinski definition) is 1. The average molecular weight is 378 g/mol. The van der Waals surface area contributed by atoms with Crippen molar-refractivity contribution >= 4 is 17.6 Å². The Hall–Kier alpha value is -2.76. The minimum Gasteiger partial charge on any atom is -0.322 e. The fourth-order valence-corrected chi connectivity index (χ4v) is 4.31. The normalized spacial score (nSPS) is 18.0. The second-order valence-electron chi connectivity index (χ2n) is 7.88. The van der Waals surface area contributed by atoms with Crippen LogP contribution in [0.2, 0.25) is 0 Å². The monoisotopic (exact) mass is 378 g/mol. The molecule has 1 aromatic heterocycles. The number of rotatable bonds is 5. The molecule has 2 heterocycles. The van der Waals surface area contributed by atoms with E-state index in [0.29, 0.717) is 30.3 Å². The summed E-state index contributed by atoms with van der Waals surface area (Å²) in [5.74, 6) is 0.671. The fourth-order valence-electron chi connectivity index (χ4n) is 4.31. The summed E-state index contributed by atoms with van der Waals surface area (Å²) >= 11 is 0. The number of amides is 2. The van der Waals surface area contributed by atoms with Gasteiger partial charge >= 0.3 is 0 Å². The van der Waals surface area contributed by atoms with Crippen LogP contribution < -0.4 is 5.32 Å². The summed E-state index contributed by atoms with van der Waals surface area (Å²) in [7, 11) is 0. The molecule has 2 aromatic rings. The molecule has 1 N–H and O–H groups in total. The van der Waals surface area contributed by atoms with Gasteiger partial charge in [0.1, 0.15) is 6.04 Å². The van der Waals surface area contributed by atoms with Crippen LogP contribution in [0.15, 0.2) is 36.7 Å². The Bertz CT molecular complexity index is 859. The largest absolute Gasteiger partial charge is 0.322 e. The highest BCUT2D eigenvalue weighted by molar-refractivity contribution is 6.03. The van der Waals surface area contributed by atoms with Gasteiger partial charge in [-0.1, -0.05) is 50.3 Å². The third-order valence-electron chi connectivity index (χ3n) is 5.84. The van der Waals surface area contributed by atoms with Gasteiger partial charge in [-0.05, 0) is 30.9 Å². The first-order valence-electron chi connectivity index (χ1n) is 10.1. The first-order chi connectivity index (χ1) is 13.6. The van der Waals surface area contributed by atoms with Crippen LogP contribution in [0.1, 0.15) is 60.1 Å². The summed E-state index contributed by atoms with van der Waals surface area (Å²) in [6, 6.07) is 7.13. The summed E-state index contributed by atoms with van der Waals surface area (Å²) in [5.41, 5.74) is 2.49. The van der Waals surface area contributed by atoms with Gasteiger partial charge in [0.05, 0.1) is 18.1 Å². The maximum absolute atomic E-state index is 13.2. The molecule has 6 heteroatoms. The molecule has 1 aromatic carbocycles. The number of fused-ring (bicyclic) bond motifs is 1. The summed E-state index contributed by atoms with van der Waals surface area (Å²) in [6.45, 7) is 2.34. The lowest BCUT2D eigenvalue weighted by molar-refractivity contribution is -0.121. The molecule has 1 atom stereocenters. The van der Waals surface area contributed by atoms with Crippen LogP contribution >= 0.6 is 0 Å². The molecule has 4 rings (SSSR count). The zero-order valence-electron chi connectivity index (χ0n) is 16.2. The van der Waals surface area contributed by atoms with Gasteiger partial charge in [0.2, 0.25) is 5.91 Å². The molecule has 1 unspecified atom stereocenters. The molecule has 0 spiro atoms. The Morgan fingerprint density at radius 3 is 2.68 bits per heavy atom. The Kier molecular flexibility index (Phi) is 5.37. The molecule has 6 nitrogen and oxygen atoms in total. The predicted octanol–water partition coefficient (Wildman–Crippen LogP) is 3.72. The lowest BCUT2D eigenvalue weighted by Gasteiger charge is -2.31. The standard InChI is InChI=1S/C22H26N4O2/c1-15-12-24-20(13-23-15)25-21(27)19(11-16-7-3-2-4-8-16)26-14-17-9-5-6-10-18(17)22(26)28/h5-6,9-10,12-13,16,19H,2-4,7-8,11,14H2,1H3,(H,24,25,27). The Morgan fingerprint density at radius 2 is 1.96 bits per heavy atom. The van der Waals surface area contributed by atoms with E-state index in [2.05, 4.69) is 15.3 Å². The Labute approximate surface area is 165 Å². The number of anilines is 1. The van der Waals surface area contributed by atoms with Crippen molar-refractivity contribution in [3.63, 3.8) is 0 Å². The van der Waals surface area contributed by atoms with Crippen molar-refractivity contribution in [3.8, 4) is 0 Å². The maximum Gasteiger partial charge on any atom is 0.255 e. The SMILES string of the molecule is Cc1cnc(NC(=O)C(CC2CCCCC2)N2Cc3ccccc3C2=O)cn1. The topological polar surface area (TPSA) is 75.2 Å². The van der Waals surface area contributed by atoms with Crippen molar-refractivity contribution in [3.05, 3.63) is 53.5 Å². The van der Waals surface area contributed by atoms with Crippen LogP contribution in [0.25, 0.3) is 0 Å². The van der Waals surface area contributed by atoms with Crippen molar-refractivity contribution < 1.29 is 9.59 Å². The number of nitrogens with one attached hydrogen (secondary N) is 1. The summed E-state index contributed by atoms with van der Waals surface area (Å²) in [6.07, 6.45) is 9.82. The zero-order valence-corrected chi connectivity index (χ0v) is 16.2. The number of benzene rings is 1. The van der Waals surface area contributed by atoms with Crippen LogP contribution in [0.4, 0.5) is 5.82 Å². The zero-order chi connectivity index (χ0) is 19.5. The number of aromatic nitrogens is 2. The molecule has 28 heavy (non-hydrogen) atoms. The van der Waals surface area contributed by atoms with Gasteiger partial charge in [-0.2, -0.15) is 0 Å². The average Bonchev–Trinajstić information content (AvgIpc) is 3.05. The molecular weight excluding hydrogens is 352 g/mol. The highest BCUT2D eigenvalue weighted by atomic mass is 16.2. The minimum atomic E-state index is -0.494. The van der Waals surface area contributed by atoms with E-state index >= 15 is 0 Å². The van der Waals surface area contributed by atoms with Crippen molar-refractivity contribution in [2.24, 2.45) is 5.92 Å². The Balaban J connectivity index is 1.55. The van der Waals surface area contributed by atoms with Gasteiger partial charge in [0, 0.05) is 12.1 Å². The number of hydrogen-bond acceptors (Lipinski definition) is 4. The molecule has 0 radical (unpaired) electrons. The van der Waals surface area contributed by atoms with Crippen LogP contribution in [0, 0.1) is 12.8 Å². The second kappa shape index (κ2) is 8.09. The smallest absolute Gasteiger partial charge is 0.255 e. The fraction of sp³-hybridized carbons (Fsp3) is 0.455. The van der Waals surface area contributed by atoms with Crippen LogP contribution in [0.5, 0.6) is 0 Å². The molecule has 2 amide bonds. The van der Waals surface area contributed by atoms with E-state index in [1.165, 1.54) is 19.3 Å². The van der Waals surface area contributed by atoms with Crippen LogP contribution in [0.3, 0.4) is 0 Å². The van der Waals surface area contributed by atoms with E-state index in [1.54, 1.807) is 17.3 Å². The van der Waals surface area contributed by atoms with E-state index in [-0.39, 0.29) is 11.8 Å². The summed E-state index contributed by atoms with van der Waals surface area (Å²) in [5, 5.41) is 2.88. The highest BCUT2D eigenvalue weighted by Gasteiger charge is 2.37. The third kappa shape index (κ3) is 3.91. The van der Waals surface area contributed by atoms with Gasteiger partial charge in [0.25, 0.3) is 5.91 Å². The molecule has 1 fully saturated rings. The van der Waals surface area contributed by atoms with E-state index in [1.807, 2.05) is 31.2 Å². The van der Waals surface area contributed by atoms with Gasteiger partial charge in [-0.3, -0.25) is 14.6 Å². The summed E-state index contributed by atoms with van der Waals surface area (Å²) in [4.78, 5) is 36.3. The van der Waals surface area contributed by atoms with Crippen LogP contribution in [-0.4, -0.2) is 32.7 Å². The van der Waals surface area contributed by atoms with Gasteiger partial charge < -0.3 is 10.2 Å². The first kappa shape index (κ1) is 18.6. The van der Waals surface area contributed by atoms with Gasteiger partial charge in [0.15, 0.2) is 5.82 Å². The Morgan fingerprint density at radius 1 is 1.18 bits per heavy atom. The van der Waals surface area contributed by atoms with E-state index in [9.17, 15) is 9.59 Å². The molecule has 1 aliphatic heterocycles. The minimum absolute atomic E-state index is 0.0541. The maximum atomic E-state index is 13.2. The molecular formula is C22H26N4O2. The second-order valence-corrected chi connectivity index (χ2v) is 7.88. The van der Waals surface area contributed by atoms with E-state index in [0.717, 1.165) is 24.1 Å². The number of carbonyl (C=O) groups is 2. The number of nitrogens with zero attached hydrogens (tertiary/aromatic N) is 3. The molecule has 0 bridgehead atoms. The van der Waals surface area contributed by atoms with Crippen molar-refractivity contribution in [1.29, 1.82) is 0 Å². The van der Waals surface area contributed by atoms with Crippen LogP contribution in [-0.2, 0) is 11.3 Å². The summed E-state index contributed by atoms with van der Waals surface area (Å²) < 4.78 is 0. The lowest BCUT2D eigenvalue weighted by Crippen LogP contribution is -2.45. The van der Waals surface area contributed by atoms with E-state index < -0.39 is 6.04 Å². The molecule has 2 aliphatic rings. The number of carbonyl (C=O) groups excluding carboxylic acids is 2. The third-order valence-corrected chi connectivity index (χ3v) is 5.84. The van der Waals surface area contributed by atoms with Crippen molar-refractivity contribution in [1.82, 2.24) is 14.9 Å². The van der Waals surface area contributed by atoms with Gasteiger partial charge in [-0.25, -0.2) is 4.98 Å². The predicted molar refractivity (Wildman–Crippen MR) is 107 cm³/mol. The quantitative estimate of drug-likeness (QED) is 0.860. The molecule has 0 saturated heterocycles. The lowest BCUT2D eigenvalue weighted by atomic mass is 9.84. The molecule has 1 aliphatic carbocycles. The van der Waals surface area contributed by atoms with Gasteiger partial charge in [-0.15, -0.1) is 0 Å². The van der Waals surface area contributed by atoms with E-state index in [4.69, 9.17) is 0 Å². The molecule has 146 valence electrons. The molecule has 1 saturated carbocycles. The first-order valence-corrected chi connectivity index (χ1v) is 10.1. The highest BCUT2D eigenvalue weighted by Crippen LogP contribution is 2.32. The van der Waals surface area contributed by atoms with Crippen molar-refractivity contribution in [2.75, 3.05) is 5.32 Å². The number of aryl methyl sites for hydroxylation is 1. The van der Waals surface area contributed by atoms with Crippen molar-refractivity contribution in [2.45, 2.75) is 58.0 Å².